The summed E-state index contributed by atoms with van der Waals surface area (Å²) in [5.41, 5.74) is 6.17. The minimum absolute atomic E-state index is 0.562. The van der Waals surface area contributed by atoms with Crippen molar-refractivity contribution in [3.8, 4) is 0 Å². The summed E-state index contributed by atoms with van der Waals surface area (Å²) in [7, 11) is 0. The Balaban J connectivity index is 3.13. The van der Waals surface area contributed by atoms with Gasteiger partial charge in [-0.05, 0) is 31.0 Å². The fourth-order valence-corrected chi connectivity index (χ4v) is 1.33. The van der Waals surface area contributed by atoms with Crippen molar-refractivity contribution in [2.24, 2.45) is 0 Å². The normalized spacial score (nSPS) is 14.7. The van der Waals surface area contributed by atoms with Crippen LogP contribution in [0.4, 0.5) is 5.69 Å². The molecule has 0 radical (unpaired) electrons. The Hall–Kier alpha value is -1.51. The van der Waals surface area contributed by atoms with E-state index in [1.54, 1.807) is 31.2 Å². The maximum Gasteiger partial charge on any atom is 0.313 e. The Labute approximate surface area is 83.6 Å². The topological polar surface area (TPSA) is 63.3 Å². The van der Waals surface area contributed by atoms with Crippen LogP contribution in [0.5, 0.6) is 0 Å². The minimum atomic E-state index is -0.812. The molecule has 14 heavy (non-hydrogen) atoms. The van der Waals surface area contributed by atoms with Crippen molar-refractivity contribution in [1.29, 1.82) is 0 Å². The van der Waals surface area contributed by atoms with Gasteiger partial charge in [0.25, 0.3) is 0 Å². The van der Waals surface area contributed by atoms with Crippen molar-refractivity contribution < 1.29 is 9.90 Å². The molecule has 0 amide bonds. The van der Waals surface area contributed by atoms with Gasteiger partial charge in [0.15, 0.2) is 0 Å². The SMILES string of the molecule is CCC(C)(C(=O)O)c1ccc(N)cc1. The van der Waals surface area contributed by atoms with E-state index in [0.717, 1.165) is 5.56 Å². The highest BCUT2D eigenvalue weighted by Gasteiger charge is 2.32. The predicted octanol–water partition coefficient (Wildman–Crippen LogP) is 2.02. The van der Waals surface area contributed by atoms with Crippen LogP contribution >= 0.6 is 0 Å². The second-order valence-electron chi connectivity index (χ2n) is 3.61. The summed E-state index contributed by atoms with van der Waals surface area (Å²) < 4.78 is 0. The molecule has 1 aromatic carbocycles. The van der Waals surface area contributed by atoms with Crippen LogP contribution in [0.15, 0.2) is 24.3 Å². The summed E-state index contributed by atoms with van der Waals surface area (Å²) in [6, 6.07) is 7.00. The molecular weight excluding hydrogens is 178 g/mol. The summed E-state index contributed by atoms with van der Waals surface area (Å²) in [5, 5.41) is 9.12. The van der Waals surface area contributed by atoms with Crippen LogP contribution in [-0.4, -0.2) is 11.1 Å². The summed E-state index contributed by atoms with van der Waals surface area (Å²) in [6.45, 7) is 3.59. The van der Waals surface area contributed by atoms with E-state index >= 15 is 0 Å². The minimum Gasteiger partial charge on any atom is -0.481 e. The van der Waals surface area contributed by atoms with Gasteiger partial charge in [-0.15, -0.1) is 0 Å². The quantitative estimate of drug-likeness (QED) is 0.722. The number of carboxylic acid groups (broad SMARTS) is 1. The molecule has 1 unspecified atom stereocenters. The van der Waals surface area contributed by atoms with E-state index in [0.29, 0.717) is 12.1 Å². The zero-order valence-electron chi connectivity index (χ0n) is 8.45. The van der Waals surface area contributed by atoms with Crippen LogP contribution in [0, 0.1) is 0 Å². The molecule has 0 aliphatic rings. The van der Waals surface area contributed by atoms with Crippen molar-refractivity contribution in [2.45, 2.75) is 25.7 Å². The molecular formula is C11H15NO2. The first kappa shape index (κ1) is 10.6. The van der Waals surface area contributed by atoms with Crippen LogP contribution in [0.1, 0.15) is 25.8 Å². The van der Waals surface area contributed by atoms with Crippen molar-refractivity contribution >= 4 is 11.7 Å². The molecule has 0 bridgehead atoms. The third-order valence-electron chi connectivity index (χ3n) is 2.73. The maximum absolute atomic E-state index is 11.1. The Bertz CT molecular complexity index is 332. The van der Waals surface area contributed by atoms with E-state index in [4.69, 9.17) is 10.8 Å². The second kappa shape index (κ2) is 3.70. The van der Waals surface area contributed by atoms with E-state index in [1.807, 2.05) is 6.92 Å². The molecule has 76 valence electrons. The molecule has 1 rings (SSSR count). The molecule has 3 nitrogen and oxygen atoms in total. The van der Waals surface area contributed by atoms with E-state index in [9.17, 15) is 4.79 Å². The summed E-state index contributed by atoms with van der Waals surface area (Å²) in [5.74, 6) is -0.801. The lowest BCUT2D eigenvalue weighted by Crippen LogP contribution is -2.31. The van der Waals surface area contributed by atoms with Gasteiger partial charge >= 0.3 is 5.97 Å². The Morgan fingerprint density at radius 1 is 1.43 bits per heavy atom. The van der Waals surface area contributed by atoms with Gasteiger partial charge < -0.3 is 10.8 Å². The molecule has 1 atom stereocenters. The van der Waals surface area contributed by atoms with Crippen LogP contribution in [0.3, 0.4) is 0 Å². The van der Waals surface area contributed by atoms with Gasteiger partial charge in [0.1, 0.15) is 0 Å². The number of hydrogen-bond donors (Lipinski definition) is 2. The highest BCUT2D eigenvalue weighted by molar-refractivity contribution is 5.80. The zero-order valence-corrected chi connectivity index (χ0v) is 8.45. The van der Waals surface area contributed by atoms with Crippen molar-refractivity contribution in [1.82, 2.24) is 0 Å². The maximum atomic E-state index is 11.1. The van der Waals surface area contributed by atoms with E-state index in [1.165, 1.54) is 0 Å². The zero-order chi connectivity index (χ0) is 10.8. The number of benzene rings is 1. The molecule has 0 heterocycles. The van der Waals surface area contributed by atoms with Gasteiger partial charge in [0.2, 0.25) is 0 Å². The lowest BCUT2D eigenvalue weighted by Gasteiger charge is -2.23. The summed E-state index contributed by atoms with van der Waals surface area (Å²) in [6.07, 6.45) is 0.562. The highest BCUT2D eigenvalue weighted by atomic mass is 16.4. The smallest absolute Gasteiger partial charge is 0.313 e. The fraction of sp³-hybridized carbons (Fsp3) is 0.364. The van der Waals surface area contributed by atoms with Crippen LogP contribution in [-0.2, 0) is 10.2 Å². The monoisotopic (exact) mass is 193 g/mol. The number of anilines is 1. The molecule has 0 aromatic heterocycles. The van der Waals surface area contributed by atoms with Crippen LogP contribution in [0.25, 0.3) is 0 Å². The molecule has 3 N–H and O–H groups in total. The van der Waals surface area contributed by atoms with Gasteiger partial charge in [-0.25, -0.2) is 0 Å². The molecule has 3 heteroatoms. The Kier molecular flexibility index (Phi) is 2.79. The van der Waals surface area contributed by atoms with Crippen molar-refractivity contribution in [3.05, 3.63) is 29.8 Å². The molecule has 0 aliphatic carbocycles. The highest BCUT2D eigenvalue weighted by Crippen LogP contribution is 2.28. The summed E-state index contributed by atoms with van der Waals surface area (Å²) >= 11 is 0. The molecule has 0 fully saturated rings. The third-order valence-corrected chi connectivity index (χ3v) is 2.73. The first-order valence-corrected chi connectivity index (χ1v) is 4.60. The number of carboxylic acids is 1. The number of carbonyl (C=O) groups is 1. The Morgan fingerprint density at radius 2 is 1.93 bits per heavy atom. The van der Waals surface area contributed by atoms with Crippen molar-refractivity contribution in [3.63, 3.8) is 0 Å². The average Bonchev–Trinajstić information content (AvgIpc) is 2.17. The average molecular weight is 193 g/mol. The van der Waals surface area contributed by atoms with Crippen LogP contribution < -0.4 is 5.73 Å². The second-order valence-corrected chi connectivity index (χ2v) is 3.61. The lowest BCUT2D eigenvalue weighted by atomic mass is 9.80. The molecule has 0 spiro atoms. The molecule has 0 saturated heterocycles. The number of nitrogens with two attached hydrogens (primary N) is 1. The number of rotatable bonds is 3. The fourth-order valence-electron chi connectivity index (χ4n) is 1.33. The lowest BCUT2D eigenvalue weighted by molar-refractivity contribution is -0.143. The van der Waals surface area contributed by atoms with Gasteiger partial charge in [-0.1, -0.05) is 19.1 Å². The number of aliphatic carboxylic acids is 1. The third kappa shape index (κ3) is 1.71. The van der Waals surface area contributed by atoms with E-state index in [-0.39, 0.29) is 0 Å². The number of nitrogen functional groups attached to an aromatic ring is 1. The Morgan fingerprint density at radius 3 is 2.29 bits per heavy atom. The molecule has 1 aromatic rings. The van der Waals surface area contributed by atoms with Gasteiger partial charge in [-0.2, -0.15) is 0 Å². The van der Waals surface area contributed by atoms with Gasteiger partial charge in [-0.3, -0.25) is 4.79 Å². The largest absolute Gasteiger partial charge is 0.481 e. The van der Waals surface area contributed by atoms with E-state index in [2.05, 4.69) is 0 Å². The van der Waals surface area contributed by atoms with Crippen LogP contribution in [0.2, 0.25) is 0 Å². The first-order valence-electron chi connectivity index (χ1n) is 4.60. The predicted molar refractivity (Wildman–Crippen MR) is 56.1 cm³/mol. The van der Waals surface area contributed by atoms with Crippen molar-refractivity contribution in [2.75, 3.05) is 5.73 Å². The summed E-state index contributed by atoms with van der Waals surface area (Å²) in [4.78, 5) is 11.1. The standard InChI is InChI=1S/C11H15NO2/c1-3-11(2,10(13)14)8-4-6-9(12)7-5-8/h4-7H,3,12H2,1-2H3,(H,13,14). The molecule has 0 aliphatic heterocycles. The van der Waals surface area contributed by atoms with Gasteiger partial charge in [0, 0.05) is 5.69 Å². The molecule has 0 saturated carbocycles. The van der Waals surface area contributed by atoms with E-state index < -0.39 is 11.4 Å². The first-order chi connectivity index (χ1) is 6.50. The van der Waals surface area contributed by atoms with Gasteiger partial charge in [0.05, 0.1) is 5.41 Å². The number of hydrogen-bond acceptors (Lipinski definition) is 2.